The van der Waals surface area contributed by atoms with Gasteiger partial charge in [0.05, 0.1) is 18.3 Å². The third kappa shape index (κ3) is 4.16. The number of nitrogens with one attached hydrogen (secondary N) is 1. The van der Waals surface area contributed by atoms with Crippen LogP contribution >= 0.6 is 0 Å². The minimum Gasteiger partial charge on any atom is -0.349 e. The maximum atomic E-state index is 13.2. The Labute approximate surface area is 150 Å². The Morgan fingerprint density at radius 1 is 1.38 bits per heavy atom. The predicted molar refractivity (Wildman–Crippen MR) is 93.4 cm³/mol. The van der Waals surface area contributed by atoms with E-state index in [4.69, 9.17) is 0 Å². The summed E-state index contributed by atoms with van der Waals surface area (Å²) in [5.41, 5.74) is 0.0844. The summed E-state index contributed by atoms with van der Waals surface area (Å²) in [4.78, 5) is 30.4. The van der Waals surface area contributed by atoms with Crippen LogP contribution in [0.3, 0.4) is 0 Å². The molecular weight excluding hydrogens is 339 g/mol. The Kier molecular flexibility index (Phi) is 5.46. The highest BCUT2D eigenvalue weighted by Gasteiger charge is 2.22. The van der Waals surface area contributed by atoms with Gasteiger partial charge in [-0.25, -0.2) is 13.9 Å². The number of aromatic nitrogens is 4. The Bertz CT molecular complexity index is 844. The molecule has 2 aromatic rings. The summed E-state index contributed by atoms with van der Waals surface area (Å²) in [6, 6.07) is 1.06. The van der Waals surface area contributed by atoms with Gasteiger partial charge >= 0.3 is 5.69 Å². The highest BCUT2D eigenvalue weighted by Crippen LogP contribution is 2.13. The topological polar surface area (TPSA) is 85.0 Å². The van der Waals surface area contributed by atoms with Gasteiger partial charge in [-0.1, -0.05) is 0 Å². The SMILES string of the molecule is CN(C)CCn1nc2n(c1=O)CCC(NC(=O)c1cncc(F)c1)CC2. The van der Waals surface area contributed by atoms with Gasteiger partial charge in [0.1, 0.15) is 11.6 Å². The van der Waals surface area contributed by atoms with Crippen molar-refractivity contribution in [2.24, 2.45) is 0 Å². The predicted octanol–water partition coefficient (Wildman–Crippen LogP) is 0.275. The van der Waals surface area contributed by atoms with Crippen molar-refractivity contribution in [3.63, 3.8) is 0 Å². The first-order valence-corrected chi connectivity index (χ1v) is 8.66. The van der Waals surface area contributed by atoms with Crippen molar-refractivity contribution in [1.29, 1.82) is 0 Å². The molecule has 9 heteroatoms. The second-order valence-electron chi connectivity index (χ2n) is 6.77. The molecule has 3 rings (SSSR count). The molecule has 1 N–H and O–H groups in total. The van der Waals surface area contributed by atoms with Gasteiger partial charge in [-0.3, -0.25) is 14.3 Å². The lowest BCUT2D eigenvalue weighted by Crippen LogP contribution is -2.36. The van der Waals surface area contributed by atoms with Crippen molar-refractivity contribution in [2.75, 3.05) is 20.6 Å². The van der Waals surface area contributed by atoms with Crippen molar-refractivity contribution in [2.45, 2.75) is 38.4 Å². The van der Waals surface area contributed by atoms with Crippen molar-refractivity contribution >= 4 is 5.91 Å². The molecule has 3 heterocycles. The number of carbonyl (C=O) groups excluding carboxylic acids is 1. The summed E-state index contributed by atoms with van der Waals surface area (Å²) in [6.45, 7) is 1.80. The maximum Gasteiger partial charge on any atom is 0.345 e. The molecule has 0 fully saturated rings. The van der Waals surface area contributed by atoms with Crippen LogP contribution in [0.2, 0.25) is 0 Å². The molecular formula is C17H23FN6O2. The summed E-state index contributed by atoms with van der Waals surface area (Å²) in [5, 5.41) is 7.33. The van der Waals surface area contributed by atoms with Gasteiger partial charge in [0, 0.05) is 31.7 Å². The van der Waals surface area contributed by atoms with E-state index >= 15 is 0 Å². The first-order valence-electron chi connectivity index (χ1n) is 8.66. The third-order valence-corrected chi connectivity index (χ3v) is 4.48. The number of fused-ring (bicyclic) bond motifs is 1. The average Bonchev–Trinajstić information content (AvgIpc) is 2.76. The molecule has 0 saturated heterocycles. The van der Waals surface area contributed by atoms with Crippen LogP contribution in [-0.4, -0.2) is 56.8 Å². The monoisotopic (exact) mass is 362 g/mol. The molecule has 2 aromatic heterocycles. The lowest BCUT2D eigenvalue weighted by Gasteiger charge is -2.16. The fourth-order valence-electron chi connectivity index (χ4n) is 3.02. The smallest absolute Gasteiger partial charge is 0.345 e. The number of halogens is 1. The van der Waals surface area contributed by atoms with Gasteiger partial charge in [0.25, 0.3) is 5.91 Å². The van der Waals surface area contributed by atoms with Gasteiger partial charge in [0.15, 0.2) is 0 Å². The zero-order chi connectivity index (χ0) is 18.7. The van der Waals surface area contributed by atoms with Crippen molar-refractivity contribution in [3.8, 4) is 0 Å². The molecule has 0 spiro atoms. The third-order valence-electron chi connectivity index (χ3n) is 4.48. The van der Waals surface area contributed by atoms with Crippen LogP contribution in [0.4, 0.5) is 4.39 Å². The molecule has 140 valence electrons. The van der Waals surface area contributed by atoms with Crippen LogP contribution in [-0.2, 0) is 19.5 Å². The van der Waals surface area contributed by atoms with Crippen LogP contribution in [0.1, 0.15) is 29.0 Å². The molecule has 8 nitrogen and oxygen atoms in total. The standard InChI is InChI=1S/C17H23FN6O2/c1-22(2)7-8-24-17(26)23-6-5-14(3-4-15(23)21-24)20-16(25)12-9-13(18)11-19-10-12/h9-11,14H,3-8H2,1-2H3,(H,20,25). The number of amides is 1. The Morgan fingerprint density at radius 3 is 2.92 bits per heavy atom. The highest BCUT2D eigenvalue weighted by molar-refractivity contribution is 5.94. The lowest BCUT2D eigenvalue weighted by molar-refractivity contribution is 0.0932. The minimum atomic E-state index is -0.545. The molecule has 1 amide bonds. The number of pyridine rings is 1. The van der Waals surface area contributed by atoms with Gasteiger partial charge in [0.2, 0.25) is 0 Å². The summed E-state index contributed by atoms with van der Waals surface area (Å²) in [7, 11) is 3.90. The van der Waals surface area contributed by atoms with E-state index in [1.54, 1.807) is 4.57 Å². The molecule has 0 saturated carbocycles. The number of aryl methyl sites for hydroxylation is 1. The molecule has 1 aliphatic heterocycles. The zero-order valence-electron chi connectivity index (χ0n) is 15.0. The summed E-state index contributed by atoms with van der Waals surface area (Å²) >= 11 is 0. The van der Waals surface area contributed by atoms with E-state index in [1.165, 1.54) is 10.9 Å². The molecule has 1 unspecified atom stereocenters. The Morgan fingerprint density at radius 2 is 2.19 bits per heavy atom. The van der Waals surface area contributed by atoms with Crippen LogP contribution in [0.5, 0.6) is 0 Å². The van der Waals surface area contributed by atoms with Crippen LogP contribution in [0.15, 0.2) is 23.3 Å². The summed E-state index contributed by atoms with van der Waals surface area (Å²) in [6.07, 6.45) is 4.31. The van der Waals surface area contributed by atoms with Gasteiger partial charge in [-0.15, -0.1) is 0 Å². The van der Waals surface area contributed by atoms with E-state index in [9.17, 15) is 14.0 Å². The number of likely N-dealkylation sites (N-methyl/N-ethyl adjacent to an activating group) is 1. The molecule has 0 bridgehead atoms. The fraction of sp³-hybridized carbons (Fsp3) is 0.529. The Balaban J connectivity index is 1.63. The van der Waals surface area contributed by atoms with Gasteiger partial charge in [-0.05, 0) is 33.0 Å². The second-order valence-corrected chi connectivity index (χ2v) is 6.77. The minimum absolute atomic E-state index is 0.0953. The van der Waals surface area contributed by atoms with Crippen LogP contribution in [0.25, 0.3) is 0 Å². The molecule has 0 radical (unpaired) electrons. The zero-order valence-corrected chi connectivity index (χ0v) is 15.0. The van der Waals surface area contributed by atoms with Crippen molar-refractivity contribution in [1.82, 2.24) is 29.5 Å². The molecule has 0 aliphatic carbocycles. The van der Waals surface area contributed by atoms with Crippen LogP contribution in [0, 0.1) is 5.82 Å². The number of nitrogens with zero attached hydrogens (tertiary/aromatic N) is 5. The number of rotatable bonds is 5. The van der Waals surface area contributed by atoms with Gasteiger partial charge in [-0.2, -0.15) is 5.10 Å². The van der Waals surface area contributed by atoms with Crippen LogP contribution < -0.4 is 11.0 Å². The average molecular weight is 362 g/mol. The summed E-state index contributed by atoms with van der Waals surface area (Å²) in [5.74, 6) is -0.153. The quantitative estimate of drug-likeness (QED) is 0.826. The van der Waals surface area contributed by atoms with Gasteiger partial charge < -0.3 is 10.2 Å². The molecule has 1 atom stereocenters. The van der Waals surface area contributed by atoms with E-state index in [0.717, 1.165) is 24.6 Å². The second kappa shape index (κ2) is 7.77. The first-order chi connectivity index (χ1) is 12.4. The van der Waals surface area contributed by atoms with Crippen molar-refractivity contribution < 1.29 is 9.18 Å². The molecule has 26 heavy (non-hydrogen) atoms. The Hall–Kier alpha value is -2.55. The summed E-state index contributed by atoms with van der Waals surface area (Å²) < 4.78 is 16.4. The molecule has 1 aliphatic rings. The van der Waals surface area contributed by atoms with E-state index in [2.05, 4.69) is 15.4 Å². The highest BCUT2D eigenvalue weighted by atomic mass is 19.1. The largest absolute Gasteiger partial charge is 0.349 e. The normalized spacial score (nSPS) is 17.0. The first kappa shape index (κ1) is 18.2. The lowest BCUT2D eigenvalue weighted by atomic mass is 10.1. The number of hydrogen-bond donors (Lipinski definition) is 1. The van der Waals surface area contributed by atoms with E-state index in [-0.39, 0.29) is 23.2 Å². The molecule has 0 aromatic carbocycles. The maximum absolute atomic E-state index is 13.2. The number of carbonyl (C=O) groups is 1. The van der Waals surface area contributed by atoms with E-state index < -0.39 is 5.82 Å². The van der Waals surface area contributed by atoms with E-state index in [0.29, 0.717) is 32.4 Å². The van der Waals surface area contributed by atoms with Crippen molar-refractivity contribution in [3.05, 3.63) is 46.1 Å². The fourth-order valence-corrected chi connectivity index (χ4v) is 3.02. The number of hydrogen-bond acceptors (Lipinski definition) is 5. The van der Waals surface area contributed by atoms with E-state index in [1.807, 2.05) is 19.0 Å².